The van der Waals surface area contributed by atoms with Gasteiger partial charge in [0.2, 0.25) is 5.91 Å². The molecular formula is C13H14ClN3O. The number of halogens is 1. The van der Waals surface area contributed by atoms with Gasteiger partial charge in [-0.1, -0.05) is 41.9 Å². The quantitative estimate of drug-likeness (QED) is 0.899. The molecule has 18 heavy (non-hydrogen) atoms. The minimum atomic E-state index is 0.00507. The maximum Gasteiger partial charge on any atom is 0.222 e. The lowest BCUT2D eigenvalue weighted by Crippen LogP contribution is -2.23. The second-order valence-electron chi connectivity index (χ2n) is 3.93. The number of benzene rings is 1. The van der Waals surface area contributed by atoms with Gasteiger partial charge in [0.15, 0.2) is 0 Å². The third-order valence-corrected chi connectivity index (χ3v) is 2.70. The van der Waals surface area contributed by atoms with Crippen molar-refractivity contribution in [1.29, 1.82) is 0 Å². The smallest absolute Gasteiger partial charge is 0.222 e. The van der Waals surface area contributed by atoms with Crippen molar-refractivity contribution in [1.82, 2.24) is 15.1 Å². The van der Waals surface area contributed by atoms with Crippen LogP contribution >= 0.6 is 11.6 Å². The van der Waals surface area contributed by atoms with Crippen LogP contribution in [0, 0.1) is 0 Å². The Hall–Kier alpha value is -1.81. The molecule has 2 rings (SSSR count). The third-order valence-electron chi connectivity index (χ3n) is 2.50. The van der Waals surface area contributed by atoms with Gasteiger partial charge in [0.1, 0.15) is 0 Å². The van der Waals surface area contributed by atoms with Crippen LogP contribution in [0.2, 0.25) is 5.02 Å². The molecule has 4 nitrogen and oxygen atoms in total. The third kappa shape index (κ3) is 3.89. The van der Waals surface area contributed by atoms with Crippen LogP contribution in [0.15, 0.2) is 42.7 Å². The molecule has 2 aromatic rings. The van der Waals surface area contributed by atoms with Crippen molar-refractivity contribution < 1.29 is 4.79 Å². The molecule has 94 valence electrons. The Labute approximate surface area is 111 Å². The lowest BCUT2D eigenvalue weighted by molar-refractivity contribution is -0.121. The maximum atomic E-state index is 11.6. The first kappa shape index (κ1) is 12.6. The molecule has 0 saturated carbocycles. The van der Waals surface area contributed by atoms with Crippen LogP contribution in [0.1, 0.15) is 12.0 Å². The minimum absolute atomic E-state index is 0.00507. The normalized spacial score (nSPS) is 10.3. The molecule has 0 bridgehead atoms. The molecule has 0 fully saturated rings. The second kappa shape index (κ2) is 6.21. The fourth-order valence-corrected chi connectivity index (χ4v) is 1.72. The molecule has 1 N–H and O–H groups in total. The predicted octanol–water partition coefficient (Wildman–Crippen LogP) is 2.24. The lowest BCUT2D eigenvalue weighted by atomic mass is 10.2. The van der Waals surface area contributed by atoms with Crippen molar-refractivity contribution >= 4 is 17.5 Å². The number of rotatable bonds is 5. The molecule has 0 saturated heterocycles. The van der Waals surface area contributed by atoms with E-state index in [9.17, 15) is 4.79 Å². The standard InChI is InChI=1S/C13H14ClN3O/c14-12-9-16-17(10-12)7-6-13(18)15-8-11-4-2-1-3-5-11/h1-5,9-10H,6-8H2,(H,15,18). The van der Waals surface area contributed by atoms with E-state index in [2.05, 4.69) is 10.4 Å². The number of aromatic nitrogens is 2. The van der Waals surface area contributed by atoms with Gasteiger partial charge in [-0.05, 0) is 5.56 Å². The van der Waals surface area contributed by atoms with Crippen molar-refractivity contribution in [3.63, 3.8) is 0 Å². The van der Waals surface area contributed by atoms with E-state index in [1.54, 1.807) is 17.1 Å². The minimum Gasteiger partial charge on any atom is -0.352 e. The molecule has 1 aromatic heterocycles. The molecule has 0 atom stereocenters. The number of nitrogens with zero attached hydrogens (tertiary/aromatic N) is 2. The van der Waals surface area contributed by atoms with E-state index in [1.165, 1.54) is 0 Å². The average molecular weight is 264 g/mol. The SMILES string of the molecule is O=C(CCn1cc(Cl)cn1)NCc1ccccc1. The number of carbonyl (C=O) groups is 1. The van der Waals surface area contributed by atoms with Gasteiger partial charge in [0, 0.05) is 25.7 Å². The molecule has 0 aliphatic rings. The molecule has 1 amide bonds. The van der Waals surface area contributed by atoms with Gasteiger partial charge in [0.05, 0.1) is 11.2 Å². The number of hydrogen-bond donors (Lipinski definition) is 1. The van der Waals surface area contributed by atoms with E-state index in [4.69, 9.17) is 11.6 Å². The predicted molar refractivity (Wildman–Crippen MR) is 70.1 cm³/mol. The van der Waals surface area contributed by atoms with Crippen LogP contribution in [-0.4, -0.2) is 15.7 Å². The zero-order valence-corrected chi connectivity index (χ0v) is 10.6. The summed E-state index contributed by atoms with van der Waals surface area (Å²) in [6, 6.07) is 9.81. The van der Waals surface area contributed by atoms with Gasteiger partial charge in [-0.15, -0.1) is 0 Å². The summed E-state index contributed by atoms with van der Waals surface area (Å²) in [7, 11) is 0. The molecule has 1 aromatic carbocycles. The monoisotopic (exact) mass is 263 g/mol. The first-order chi connectivity index (χ1) is 8.74. The Bertz CT molecular complexity index is 510. The summed E-state index contributed by atoms with van der Waals surface area (Å²) in [4.78, 5) is 11.6. The van der Waals surface area contributed by atoms with E-state index in [0.29, 0.717) is 24.5 Å². The largest absolute Gasteiger partial charge is 0.352 e. The van der Waals surface area contributed by atoms with E-state index < -0.39 is 0 Å². The molecule has 0 aliphatic heterocycles. The van der Waals surface area contributed by atoms with Crippen molar-refractivity contribution in [3.8, 4) is 0 Å². The van der Waals surface area contributed by atoms with Crippen molar-refractivity contribution in [2.45, 2.75) is 19.5 Å². The van der Waals surface area contributed by atoms with Gasteiger partial charge < -0.3 is 5.32 Å². The molecule has 0 spiro atoms. The molecule has 0 radical (unpaired) electrons. The van der Waals surface area contributed by atoms with Gasteiger partial charge in [-0.2, -0.15) is 5.10 Å². The van der Waals surface area contributed by atoms with Crippen molar-refractivity contribution in [2.24, 2.45) is 0 Å². The van der Waals surface area contributed by atoms with Crippen LogP contribution in [0.4, 0.5) is 0 Å². The van der Waals surface area contributed by atoms with Gasteiger partial charge in [-0.25, -0.2) is 0 Å². The zero-order valence-electron chi connectivity index (χ0n) is 9.84. The van der Waals surface area contributed by atoms with Crippen LogP contribution < -0.4 is 5.32 Å². The highest BCUT2D eigenvalue weighted by atomic mass is 35.5. The number of carbonyl (C=O) groups excluding carboxylic acids is 1. The molecular weight excluding hydrogens is 250 g/mol. The fraction of sp³-hybridized carbons (Fsp3) is 0.231. The summed E-state index contributed by atoms with van der Waals surface area (Å²) in [6.07, 6.45) is 3.65. The molecule has 0 unspecified atom stereocenters. The van der Waals surface area contributed by atoms with Gasteiger partial charge in [0.25, 0.3) is 0 Å². The van der Waals surface area contributed by atoms with Crippen LogP contribution in [-0.2, 0) is 17.9 Å². The van der Waals surface area contributed by atoms with Crippen LogP contribution in [0.3, 0.4) is 0 Å². The zero-order chi connectivity index (χ0) is 12.8. The molecule has 0 aliphatic carbocycles. The van der Waals surface area contributed by atoms with E-state index in [-0.39, 0.29) is 5.91 Å². The van der Waals surface area contributed by atoms with E-state index in [0.717, 1.165) is 5.56 Å². The lowest BCUT2D eigenvalue weighted by Gasteiger charge is -2.05. The highest BCUT2D eigenvalue weighted by Gasteiger charge is 2.02. The van der Waals surface area contributed by atoms with Gasteiger partial charge in [-0.3, -0.25) is 9.48 Å². The Kier molecular flexibility index (Phi) is 4.36. The number of hydrogen-bond acceptors (Lipinski definition) is 2. The topological polar surface area (TPSA) is 46.9 Å². The number of amides is 1. The molecule has 1 heterocycles. The van der Waals surface area contributed by atoms with Crippen LogP contribution in [0.25, 0.3) is 0 Å². The number of nitrogens with one attached hydrogen (secondary N) is 1. The van der Waals surface area contributed by atoms with Crippen molar-refractivity contribution in [3.05, 3.63) is 53.3 Å². The molecule has 5 heteroatoms. The highest BCUT2D eigenvalue weighted by Crippen LogP contribution is 2.05. The maximum absolute atomic E-state index is 11.6. The highest BCUT2D eigenvalue weighted by molar-refractivity contribution is 6.30. The summed E-state index contributed by atoms with van der Waals surface area (Å²) in [5.74, 6) is 0.00507. The summed E-state index contributed by atoms with van der Waals surface area (Å²) in [6.45, 7) is 1.09. The Morgan fingerprint density at radius 3 is 2.78 bits per heavy atom. The Balaban J connectivity index is 1.73. The summed E-state index contributed by atoms with van der Waals surface area (Å²) >= 11 is 5.73. The van der Waals surface area contributed by atoms with Gasteiger partial charge >= 0.3 is 0 Å². The van der Waals surface area contributed by atoms with Crippen molar-refractivity contribution in [2.75, 3.05) is 0 Å². The Morgan fingerprint density at radius 1 is 1.33 bits per heavy atom. The summed E-state index contributed by atoms with van der Waals surface area (Å²) in [5.41, 5.74) is 1.09. The fourth-order valence-electron chi connectivity index (χ4n) is 1.56. The second-order valence-corrected chi connectivity index (χ2v) is 4.37. The number of aryl methyl sites for hydroxylation is 1. The van der Waals surface area contributed by atoms with Crippen LogP contribution in [0.5, 0.6) is 0 Å². The first-order valence-corrected chi connectivity index (χ1v) is 6.10. The van der Waals surface area contributed by atoms with E-state index >= 15 is 0 Å². The average Bonchev–Trinajstić information content (AvgIpc) is 2.81. The first-order valence-electron chi connectivity index (χ1n) is 5.72. The summed E-state index contributed by atoms with van der Waals surface area (Å²) < 4.78 is 1.66. The Morgan fingerprint density at radius 2 is 2.11 bits per heavy atom. The van der Waals surface area contributed by atoms with E-state index in [1.807, 2.05) is 30.3 Å². The summed E-state index contributed by atoms with van der Waals surface area (Å²) in [5, 5.41) is 7.46.